The minimum atomic E-state index is -0.354. The van der Waals surface area contributed by atoms with Crippen LogP contribution in [-0.4, -0.2) is 53.4 Å². The second-order valence-electron chi connectivity index (χ2n) is 6.60. The molecule has 3 aromatic rings. The first-order chi connectivity index (χ1) is 13.1. The molecule has 0 unspecified atom stereocenters. The molecule has 2 heterocycles. The lowest BCUT2D eigenvalue weighted by Crippen LogP contribution is -2.20. The van der Waals surface area contributed by atoms with E-state index in [9.17, 15) is 4.79 Å². The lowest BCUT2D eigenvalue weighted by atomic mass is 9.99. The van der Waals surface area contributed by atoms with Crippen molar-refractivity contribution in [3.63, 3.8) is 0 Å². The largest absolute Gasteiger partial charge is 0.465 e. The maximum atomic E-state index is 12.1. The number of benzene rings is 1. The van der Waals surface area contributed by atoms with Crippen molar-refractivity contribution in [2.45, 2.75) is 13.0 Å². The lowest BCUT2D eigenvalue weighted by Gasteiger charge is -2.14. The van der Waals surface area contributed by atoms with Gasteiger partial charge in [0, 0.05) is 30.9 Å². The molecule has 0 aliphatic heterocycles. The number of carbonyl (C=O) groups is 1. The molecule has 2 aromatic heterocycles. The van der Waals surface area contributed by atoms with Gasteiger partial charge >= 0.3 is 5.97 Å². The summed E-state index contributed by atoms with van der Waals surface area (Å²) < 4.78 is 6.93. The lowest BCUT2D eigenvalue weighted by molar-refractivity contribution is 0.0599. The van der Waals surface area contributed by atoms with Gasteiger partial charge in [-0.2, -0.15) is 5.10 Å². The van der Waals surface area contributed by atoms with Gasteiger partial charge in [-0.15, -0.1) is 0 Å². The zero-order valence-electron chi connectivity index (χ0n) is 15.9. The van der Waals surface area contributed by atoms with E-state index >= 15 is 0 Å². The number of carbonyl (C=O) groups excluding carboxylic acids is 1. The van der Waals surface area contributed by atoms with Crippen LogP contribution in [0.1, 0.15) is 21.6 Å². The molecule has 0 bridgehead atoms. The van der Waals surface area contributed by atoms with Crippen LogP contribution in [0, 0.1) is 0 Å². The molecular formula is C21H24N4O2. The molecule has 0 spiro atoms. The SMILES string of the molecule is COC(=O)c1ccncc1Cc1c(-c2ccccc2)cnn1CCN(C)C. The Kier molecular flexibility index (Phi) is 5.98. The van der Waals surface area contributed by atoms with E-state index in [-0.39, 0.29) is 5.97 Å². The molecule has 0 N–H and O–H groups in total. The summed E-state index contributed by atoms with van der Waals surface area (Å²) in [6, 6.07) is 11.9. The third-order valence-corrected chi connectivity index (χ3v) is 4.46. The van der Waals surface area contributed by atoms with E-state index in [1.807, 2.05) is 43.2 Å². The molecule has 140 valence electrons. The Bertz CT molecular complexity index is 904. The third-order valence-electron chi connectivity index (χ3n) is 4.46. The van der Waals surface area contributed by atoms with Crippen molar-refractivity contribution >= 4 is 5.97 Å². The highest BCUT2D eigenvalue weighted by atomic mass is 16.5. The van der Waals surface area contributed by atoms with Gasteiger partial charge in [0.1, 0.15) is 0 Å². The van der Waals surface area contributed by atoms with Gasteiger partial charge in [0.25, 0.3) is 0 Å². The van der Waals surface area contributed by atoms with E-state index in [0.717, 1.165) is 35.5 Å². The molecule has 6 nitrogen and oxygen atoms in total. The van der Waals surface area contributed by atoms with Crippen molar-refractivity contribution in [2.24, 2.45) is 0 Å². The van der Waals surface area contributed by atoms with Crippen molar-refractivity contribution in [2.75, 3.05) is 27.7 Å². The molecule has 0 aliphatic carbocycles. The van der Waals surface area contributed by atoms with Gasteiger partial charge in [-0.05, 0) is 31.3 Å². The predicted octanol–water partition coefficient (Wildman–Crippen LogP) is 2.88. The normalized spacial score (nSPS) is 11.0. The Balaban J connectivity index is 2.02. The van der Waals surface area contributed by atoms with E-state index in [1.165, 1.54) is 7.11 Å². The maximum Gasteiger partial charge on any atom is 0.338 e. The quantitative estimate of drug-likeness (QED) is 0.603. The second-order valence-corrected chi connectivity index (χ2v) is 6.60. The molecular weight excluding hydrogens is 340 g/mol. The van der Waals surface area contributed by atoms with Gasteiger partial charge in [-0.1, -0.05) is 30.3 Å². The van der Waals surface area contributed by atoms with Crippen LogP contribution in [0.25, 0.3) is 11.1 Å². The van der Waals surface area contributed by atoms with Crippen molar-refractivity contribution in [3.8, 4) is 11.1 Å². The van der Waals surface area contributed by atoms with E-state index in [1.54, 1.807) is 18.5 Å². The molecule has 0 radical (unpaired) electrons. The van der Waals surface area contributed by atoms with Gasteiger partial charge in [-0.25, -0.2) is 4.79 Å². The average Bonchev–Trinajstić information content (AvgIpc) is 3.09. The van der Waals surface area contributed by atoms with E-state index in [2.05, 4.69) is 27.1 Å². The number of esters is 1. The summed E-state index contributed by atoms with van der Waals surface area (Å²) in [5.74, 6) is -0.354. The third kappa shape index (κ3) is 4.41. The van der Waals surface area contributed by atoms with Gasteiger partial charge < -0.3 is 9.64 Å². The molecule has 0 atom stereocenters. The number of nitrogens with zero attached hydrogens (tertiary/aromatic N) is 4. The fourth-order valence-electron chi connectivity index (χ4n) is 3.00. The zero-order valence-corrected chi connectivity index (χ0v) is 15.9. The number of pyridine rings is 1. The van der Waals surface area contributed by atoms with Crippen LogP contribution in [0.4, 0.5) is 0 Å². The first kappa shape index (κ1) is 18.8. The van der Waals surface area contributed by atoms with Crippen LogP contribution in [0.3, 0.4) is 0 Å². The van der Waals surface area contributed by atoms with Crippen LogP contribution in [-0.2, 0) is 17.7 Å². The highest BCUT2D eigenvalue weighted by Crippen LogP contribution is 2.26. The minimum Gasteiger partial charge on any atom is -0.465 e. The number of aromatic nitrogens is 3. The number of hydrogen-bond acceptors (Lipinski definition) is 5. The first-order valence-corrected chi connectivity index (χ1v) is 8.86. The van der Waals surface area contributed by atoms with Crippen molar-refractivity contribution < 1.29 is 9.53 Å². The first-order valence-electron chi connectivity index (χ1n) is 8.86. The highest BCUT2D eigenvalue weighted by molar-refractivity contribution is 5.91. The predicted molar refractivity (Wildman–Crippen MR) is 105 cm³/mol. The molecule has 0 saturated heterocycles. The van der Waals surface area contributed by atoms with Crippen molar-refractivity contribution in [1.82, 2.24) is 19.7 Å². The standard InChI is InChI=1S/C21H24N4O2/c1-24(2)11-12-25-20(19(15-23-25)16-7-5-4-6-8-16)13-17-14-22-10-9-18(17)21(26)27-3/h4-10,14-15H,11-13H2,1-3H3. The molecule has 1 aromatic carbocycles. The highest BCUT2D eigenvalue weighted by Gasteiger charge is 2.18. The van der Waals surface area contributed by atoms with E-state index in [4.69, 9.17) is 4.74 Å². The number of methoxy groups -OCH3 is 1. The van der Waals surface area contributed by atoms with Crippen LogP contribution in [0.5, 0.6) is 0 Å². The van der Waals surface area contributed by atoms with E-state index < -0.39 is 0 Å². The van der Waals surface area contributed by atoms with Crippen molar-refractivity contribution in [1.29, 1.82) is 0 Å². The van der Waals surface area contributed by atoms with Crippen molar-refractivity contribution in [3.05, 3.63) is 71.8 Å². The molecule has 0 fully saturated rings. The molecule has 3 rings (SSSR count). The summed E-state index contributed by atoms with van der Waals surface area (Å²) in [6.45, 7) is 1.64. The summed E-state index contributed by atoms with van der Waals surface area (Å²) in [6.07, 6.45) is 5.78. The summed E-state index contributed by atoms with van der Waals surface area (Å²) >= 11 is 0. The van der Waals surface area contributed by atoms with Crippen LogP contribution >= 0.6 is 0 Å². The maximum absolute atomic E-state index is 12.1. The van der Waals surface area contributed by atoms with Gasteiger partial charge in [0.2, 0.25) is 0 Å². The van der Waals surface area contributed by atoms with Gasteiger partial charge in [0.15, 0.2) is 0 Å². The monoisotopic (exact) mass is 364 g/mol. The fourth-order valence-corrected chi connectivity index (χ4v) is 3.00. The summed E-state index contributed by atoms with van der Waals surface area (Å²) in [7, 11) is 5.47. The Hall–Kier alpha value is -2.99. The Morgan fingerprint density at radius 1 is 1.15 bits per heavy atom. The Morgan fingerprint density at radius 3 is 2.63 bits per heavy atom. The molecule has 0 saturated carbocycles. The Morgan fingerprint density at radius 2 is 1.93 bits per heavy atom. The summed E-state index contributed by atoms with van der Waals surface area (Å²) in [4.78, 5) is 18.5. The number of likely N-dealkylation sites (N-methyl/N-ethyl adjacent to an activating group) is 1. The number of rotatable bonds is 7. The number of ether oxygens (including phenoxy) is 1. The smallest absolute Gasteiger partial charge is 0.338 e. The Labute approximate surface area is 159 Å². The van der Waals surface area contributed by atoms with Crippen LogP contribution in [0.15, 0.2) is 55.0 Å². The number of hydrogen-bond donors (Lipinski definition) is 0. The fraction of sp³-hybridized carbons (Fsp3) is 0.286. The summed E-state index contributed by atoms with van der Waals surface area (Å²) in [5.41, 5.74) is 4.59. The molecule has 0 amide bonds. The summed E-state index contributed by atoms with van der Waals surface area (Å²) in [5, 5.41) is 4.61. The minimum absolute atomic E-state index is 0.354. The molecule has 0 aliphatic rings. The van der Waals surface area contributed by atoms with Crippen LogP contribution < -0.4 is 0 Å². The average molecular weight is 364 g/mol. The second kappa shape index (κ2) is 8.60. The van der Waals surface area contributed by atoms with Gasteiger partial charge in [-0.3, -0.25) is 9.67 Å². The molecule has 6 heteroatoms. The van der Waals surface area contributed by atoms with Crippen LogP contribution in [0.2, 0.25) is 0 Å². The topological polar surface area (TPSA) is 60.2 Å². The van der Waals surface area contributed by atoms with E-state index in [0.29, 0.717) is 12.0 Å². The molecule has 27 heavy (non-hydrogen) atoms. The van der Waals surface area contributed by atoms with Gasteiger partial charge in [0.05, 0.1) is 31.1 Å². The zero-order chi connectivity index (χ0) is 19.2.